The first-order valence-corrected chi connectivity index (χ1v) is 4.26. The predicted octanol–water partition coefficient (Wildman–Crippen LogP) is 3.22. The fourth-order valence-corrected chi connectivity index (χ4v) is 0.937. The number of hydrogen-bond donors (Lipinski definition) is 0. The monoisotopic (exact) mass is 212 g/mol. The molecule has 0 aromatic carbocycles. The van der Waals surface area contributed by atoms with Gasteiger partial charge < -0.3 is 4.74 Å². The number of halogens is 3. The van der Waals surface area contributed by atoms with Crippen LogP contribution in [0.15, 0.2) is 23.8 Å². The average Bonchev–Trinajstić information content (AvgIpc) is 2.32. The largest absolute Gasteiger partial charge is 0.330 e. The molecular formula is C7H7Cl3O. The summed E-state index contributed by atoms with van der Waals surface area (Å²) in [5.41, 5.74) is 1.12. The van der Waals surface area contributed by atoms with Crippen molar-refractivity contribution < 1.29 is 4.74 Å². The molecule has 0 N–H and O–H groups in total. The molecule has 0 saturated heterocycles. The van der Waals surface area contributed by atoms with Crippen molar-refractivity contribution in [1.82, 2.24) is 0 Å². The zero-order chi connectivity index (χ0) is 8.32. The normalized spacial score (nSPS) is 17.2. The summed E-state index contributed by atoms with van der Waals surface area (Å²) in [6.45, 7) is 0.378. The van der Waals surface area contributed by atoms with E-state index in [0.717, 1.165) is 12.0 Å². The zero-order valence-electron chi connectivity index (χ0n) is 5.69. The lowest BCUT2D eigenvalue weighted by Crippen LogP contribution is -2.10. The van der Waals surface area contributed by atoms with Crippen LogP contribution in [0.5, 0.6) is 0 Å². The van der Waals surface area contributed by atoms with Gasteiger partial charge in [-0.3, -0.25) is 0 Å². The highest BCUT2D eigenvalue weighted by atomic mass is 35.6. The summed E-state index contributed by atoms with van der Waals surface area (Å²) in [7, 11) is 0. The van der Waals surface area contributed by atoms with Crippen molar-refractivity contribution in [2.75, 3.05) is 6.61 Å². The molecule has 4 heteroatoms. The zero-order valence-corrected chi connectivity index (χ0v) is 7.96. The molecule has 0 aromatic rings. The van der Waals surface area contributed by atoms with Gasteiger partial charge in [0.25, 0.3) is 3.98 Å². The molecule has 0 heterocycles. The second-order valence-corrected chi connectivity index (χ2v) is 4.37. The van der Waals surface area contributed by atoms with E-state index in [9.17, 15) is 0 Å². The number of alkyl halides is 3. The maximum absolute atomic E-state index is 5.37. The van der Waals surface area contributed by atoms with Gasteiger partial charge in [0.2, 0.25) is 0 Å². The highest BCUT2D eigenvalue weighted by molar-refractivity contribution is 6.66. The second-order valence-electron chi connectivity index (χ2n) is 2.19. The van der Waals surface area contributed by atoms with Crippen LogP contribution in [0.4, 0.5) is 0 Å². The van der Waals surface area contributed by atoms with Gasteiger partial charge in [0.15, 0.2) is 0 Å². The van der Waals surface area contributed by atoms with Gasteiger partial charge in [0, 0.05) is 0 Å². The van der Waals surface area contributed by atoms with Crippen molar-refractivity contribution in [3.63, 3.8) is 0 Å². The van der Waals surface area contributed by atoms with Crippen molar-refractivity contribution in [3.05, 3.63) is 23.8 Å². The summed E-state index contributed by atoms with van der Waals surface area (Å²) in [6.07, 6.45) is 6.82. The molecule has 0 bridgehead atoms. The molecule has 62 valence electrons. The van der Waals surface area contributed by atoms with Crippen LogP contribution in [0.2, 0.25) is 0 Å². The van der Waals surface area contributed by atoms with Crippen molar-refractivity contribution in [1.29, 1.82) is 0 Å². The van der Waals surface area contributed by atoms with E-state index in [0.29, 0.717) is 6.61 Å². The Labute approximate surface area is 80.6 Å². The van der Waals surface area contributed by atoms with Gasteiger partial charge in [-0.25, -0.2) is 0 Å². The average molecular weight is 213 g/mol. The Bertz CT molecular complexity index is 190. The quantitative estimate of drug-likeness (QED) is 0.640. The standard InChI is InChI=1S/C7H7Cl3O/c8-7(9,10)11-5-6-3-1-2-4-6/h1-3H,4-5H2. The Kier molecular flexibility index (Phi) is 3.26. The van der Waals surface area contributed by atoms with Crippen LogP contribution in [-0.4, -0.2) is 10.6 Å². The van der Waals surface area contributed by atoms with Crippen LogP contribution in [0.3, 0.4) is 0 Å². The van der Waals surface area contributed by atoms with Crippen LogP contribution in [0.25, 0.3) is 0 Å². The maximum Gasteiger partial charge on any atom is 0.297 e. The van der Waals surface area contributed by atoms with Crippen molar-refractivity contribution >= 4 is 34.8 Å². The van der Waals surface area contributed by atoms with Gasteiger partial charge in [-0.05, 0) is 12.0 Å². The Morgan fingerprint density at radius 2 is 2.18 bits per heavy atom. The highest BCUT2D eigenvalue weighted by Gasteiger charge is 2.20. The van der Waals surface area contributed by atoms with Gasteiger partial charge in [0.1, 0.15) is 0 Å². The van der Waals surface area contributed by atoms with Gasteiger partial charge >= 0.3 is 0 Å². The topological polar surface area (TPSA) is 9.23 Å². The van der Waals surface area contributed by atoms with Crippen LogP contribution in [-0.2, 0) is 4.74 Å². The number of rotatable bonds is 2. The maximum atomic E-state index is 5.37. The van der Waals surface area contributed by atoms with Gasteiger partial charge in [-0.1, -0.05) is 53.0 Å². The first-order chi connectivity index (χ1) is 5.08. The van der Waals surface area contributed by atoms with Crippen LogP contribution in [0, 0.1) is 0 Å². The summed E-state index contributed by atoms with van der Waals surface area (Å²) in [4.78, 5) is 0. The van der Waals surface area contributed by atoms with E-state index in [1.807, 2.05) is 18.2 Å². The van der Waals surface area contributed by atoms with E-state index in [2.05, 4.69) is 0 Å². The molecule has 0 aromatic heterocycles. The molecule has 0 saturated carbocycles. The molecule has 0 spiro atoms. The molecule has 1 nitrogen and oxygen atoms in total. The number of ether oxygens (including phenoxy) is 1. The Balaban J connectivity index is 2.23. The number of hydrogen-bond acceptors (Lipinski definition) is 1. The van der Waals surface area contributed by atoms with Crippen molar-refractivity contribution in [2.45, 2.75) is 10.4 Å². The first-order valence-electron chi connectivity index (χ1n) is 3.13. The Hall–Kier alpha value is 0.310. The lowest BCUT2D eigenvalue weighted by atomic mass is 10.2. The van der Waals surface area contributed by atoms with E-state index in [4.69, 9.17) is 39.5 Å². The van der Waals surface area contributed by atoms with Gasteiger partial charge in [-0.15, -0.1) is 0 Å². The summed E-state index contributed by atoms with van der Waals surface area (Å²) >= 11 is 16.1. The molecule has 0 unspecified atom stereocenters. The molecule has 0 radical (unpaired) electrons. The number of allylic oxidation sites excluding steroid dienone is 3. The fourth-order valence-electron chi connectivity index (χ4n) is 0.773. The molecule has 0 atom stereocenters. The summed E-state index contributed by atoms with van der Waals surface area (Å²) in [5.74, 6) is 0. The van der Waals surface area contributed by atoms with E-state index >= 15 is 0 Å². The minimum Gasteiger partial charge on any atom is -0.330 e. The molecule has 1 rings (SSSR count). The molecule has 0 amide bonds. The lowest BCUT2D eigenvalue weighted by molar-refractivity contribution is 0.151. The lowest BCUT2D eigenvalue weighted by Gasteiger charge is -2.11. The molecule has 1 aliphatic rings. The molecule has 0 fully saturated rings. The van der Waals surface area contributed by atoms with E-state index < -0.39 is 3.98 Å². The summed E-state index contributed by atoms with van der Waals surface area (Å²) < 4.78 is 3.31. The third kappa shape index (κ3) is 4.02. The molecular weight excluding hydrogens is 206 g/mol. The minimum atomic E-state index is -1.59. The Morgan fingerprint density at radius 1 is 1.45 bits per heavy atom. The summed E-state index contributed by atoms with van der Waals surface area (Å²) in [5, 5.41) is 0. The molecule has 11 heavy (non-hydrogen) atoms. The Morgan fingerprint density at radius 3 is 2.64 bits per heavy atom. The van der Waals surface area contributed by atoms with Crippen LogP contribution < -0.4 is 0 Å². The SMILES string of the molecule is ClC(Cl)(Cl)OCC1=CC=CC1. The predicted molar refractivity (Wildman–Crippen MR) is 48.1 cm³/mol. The second kappa shape index (κ2) is 3.81. The highest BCUT2D eigenvalue weighted by Crippen LogP contribution is 2.28. The third-order valence-electron chi connectivity index (χ3n) is 1.27. The van der Waals surface area contributed by atoms with Gasteiger partial charge in [-0.2, -0.15) is 0 Å². The van der Waals surface area contributed by atoms with E-state index in [1.165, 1.54) is 0 Å². The van der Waals surface area contributed by atoms with Crippen LogP contribution >= 0.6 is 34.8 Å². The van der Waals surface area contributed by atoms with Crippen molar-refractivity contribution in [2.24, 2.45) is 0 Å². The summed E-state index contributed by atoms with van der Waals surface area (Å²) in [6, 6.07) is 0. The van der Waals surface area contributed by atoms with Crippen LogP contribution in [0.1, 0.15) is 6.42 Å². The first kappa shape index (κ1) is 9.40. The molecule has 0 aliphatic heterocycles. The molecule has 1 aliphatic carbocycles. The van der Waals surface area contributed by atoms with Gasteiger partial charge in [0.05, 0.1) is 6.61 Å². The van der Waals surface area contributed by atoms with E-state index in [1.54, 1.807) is 0 Å². The third-order valence-corrected chi connectivity index (χ3v) is 1.60. The smallest absolute Gasteiger partial charge is 0.297 e. The minimum absolute atomic E-state index is 0.378. The fraction of sp³-hybridized carbons (Fsp3) is 0.429. The van der Waals surface area contributed by atoms with Crippen molar-refractivity contribution in [3.8, 4) is 0 Å². The van der Waals surface area contributed by atoms with E-state index in [-0.39, 0.29) is 0 Å².